The van der Waals surface area contributed by atoms with Crippen molar-refractivity contribution in [3.63, 3.8) is 0 Å². The molecule has 0 spiro atoms. The molecule has 1 aliphatic carbocycles. The van der Waals surface area contributed by atoms with E-state index in [2.05, 4.69) is 116 Å². The second-order valence-corrected chi connectivity index (χ2v) is 8.74. The van der Waals surface area contributed by atoms with Gasteiger partial charge in [0.1, 0.15) is 24.4 Å². The van der Waals surface area contributed by atoms with Gasteiger partial charge in [0.15, 0.2) is 0 Å². The van der Waals surface area contributed by atoms with E-state index in [1.165, 1.54) is 32.9 Å². The van der Waals surface area contributed by atoms with Crippen molar-refractivity contribution in [2.45, 2.75) is 27.7 Å². The molecule has 1 aliphatic heterocycles. The molecular weight excluding hydrogens is 452 g/mol. The molecule has 0 saturated carbocycles. The van der Waals surface area contributed by atoms with Crippen molar-refractivity contribution >= 4 is 27.4 Å². The van der Waals surface area contributed by atoms with Gasteiger partial charge in [0.05, 0.1) is 6.07 Å². The molecular formula is C31H33ClN2O. The lowest BCUT2D eigenvalue weighted by Crippen LogP contribution is -3.00. The molecule has 5 rings (SSSR count). The average molecular weight is 485 g/mol. The first kappa shape index (κ1) is 24.8. The van der Waals surface area contributed by atoms with E-state index in [1.54, 1.807) is 0 Å². The molecule has 0 aromatic heterocycles. The number of fused-ring (bicyclic) bond motifs is 3. The van der Waals surface area contributed by atoms with Crippen LogP contribution in [0.1, 0.15) is 27.7 Å². The lowest BCUT2D eigenvalue weighted by atomic mass is 9.92. The zero-order valence-electron chi connectivity index (χ0n) is 21.0. The van der Waals surface area contributed by atoms with Crippen LogP contribution in [0.2, 0.25) is 0 Å². The van der Waals surface area contributed by atoms with Crippen LogP contribution in [0.3, 0.4) is 0 Å². The van der Waals surface area contributed by atoms with E-state index in [0.717, 1.165) is 48.5 Å². The first-order chi connectivity index (χ1) is 16.7. The molecule has 0 N–H and O–H groups in total. The van der Waals surface area contributed by atoms with E-state index in [-0.39, 0.29) is 12.4 Å². The Morgan fingerprint density at radius 3 is 2.20 bits per heavy atom. The maximum atomic E-state index is 6.60. The van der Waals surface area contributed by atoms with E-state index in [4.69, 9.17) is 4.42 Å². The van der Waals surface area contributed by atoms with Gasteiger partial charge in [0.2, 0.25) is 5.36 Å². The largest absolute Gasteiger partial charge is 1.00 e. The van der Waals surface area contributed by atoms with E-state index in [9.17, 15) is 0 Å². The van der Waals surface area contributed by atoms with Crippen molar-refractivity contribution in [1.82, 2.24) is 4.58 Å². The van der Waals surface area contributed by atoms with Gasteiger partial charge in [-0.25, -0.2) is 4.58 Å². The molecule has 0 fully saturated rings. The van der Waals surface area contributed by atoms with Gasteiger partial charge in [0, 0.05) is 47.4 Å². The maximum absolute atomic E-state index is 6.60. The Kier molecular flexibility index (Phi) is 7.47. The van der Waals surface area contributed by atoms with Crippen molar-refractivity contribution in [2.75, 3.05) is 31.1 Å². The predicted octanol–water partition coefficient (Wildman–Crippen LogP) is 4.02. The van der Waals surface area contributed by atoms with Gasteiger partial charge in [-0.3, -0.25) is 0 Å². The molecule has 0 bridgehead atoms. The van der Waals surface area contributed by atoms with Gasteiger partial charge in [-0.05, 0) is 68.3 Å². The second kappa shape index (κ2) is 10.5. The highest BCUT2D eigenvalue weighted by Crippen LogP contribution is 2.41. The summed E-state index contributed by atoms with van der Waals surface area (Å²) in [5.41, 5.74) is 5.73. The van der Waals surface area contributed by atoms with Gasteiger partial charge in [-0.1, -0.05) is 36.4 Å². The quantitative estimate of drug-likeness (QED) is 0.268. The number of rotatable bonds is 6. The molecule has 3 aromatic rings. The topological polar surface area (TPSA) is 19.4 Å². The van der Waals surface area contributed by atoms with Crippen LogP contribution in [0.25, 0.3) is 44.2 Å². The van der Waals surface area contributed by atoms with Crippen molar-refractivity contribution < 1.29 is 16.8 Å². The Hall–Kier alpha value is -3.30. The number of benzene rings is 4. The van der Waals surface area contributed by atoms with E-state index < -0.39 is 0 Å². The monoisotopic (exact) mass is 484 g/mol. The molecule has 0 radical (unpaired) electrons. The van der Waals surface area contributed by atoms with Gasteiger partial charge in [-0.2, -0.15) is 0 Å². The second-order valence-electron chi connectivity index (χ2n) is 8.74. The molecule has 3 aromatic carbocycles. The lowest BCUT2D eigenvalue weighted by Gasteiger charge is -2.22. The number of anilines is 1. The van der Waals surface area contributed by atoms with Crippen LogP contribution in [-0.2, 0) is 0 Å². The third-order valence-electron chi connectivity index (χ3n) is 6.98. The summed E-state index contributed by atoms with van der Waals surface area (Å²) >= 11 is 0. The third-order valence-corrected chi connectivity index (χ3v) is 6.98. The van der Waals surface area contributed by atoms with Crippen molar-refractivity contribution in [2.24, 2.45) is 0 Å². The summed E-state index contributed by atoms with van der Waals surface area (Å²) in [6.07, 6.45) is 0. The molecule has 2 aliphatic rings. The molecule has 0 amide bonds. The minimum absolute atomic E-state index is 0. The van der Waals surface area contributed by atoms with E-state index in [1.807, 2.05) is 0 Å². The highest BCUT2D eigenvalue weighted by molar-refractivity contribution is 6.04. The average Bonchev–Trinajstić information content (AvgIpc) is 2.88. The lowest BCUT2D eigenvalue weighted by molar-refractivity contribution is -0.00000734. The summed E-state index contributed by atoms with van der Waals surface area (Å²) in [7, 11) is 0. The Bertz CT molecular complexity index is 1510. The Morgan fingerprint density at radius 2 is 1.49 bits per heavy atom. The molecule has 180 valence electrons. The molecule has 4 heteroatoms. The van der Waals surface area contributed by atoms with Crippen molar-refractivity contribution in [3.8, 4) is 22.5 Å². The van der Waals surface area contributed by atoms with Crippen LogP contribution in [-0.4, -0.2) is 26.2 Å². The van der Waals surface area contributed by atoms with Crippen LogP contribution in [0.5, 0.6) is 0 Å². The zero-order chi connectivity index (χ0) is 23.7. The summed E-state index contributed by atoms with van der Waals surface area (Å²) in [6.45, 7) is 12.7. The minimum Gasteiger partial charge on any atom is -1.00 e. The maximum Gasteiger partial charge on any atom is 0.203 e. The minimum atomic E-state index is 0. The molecule has 3 nitrogen and oxygen atoms in total. The smallest absolute Gasteiger partial charge is 0.203 e. The summed E-state index contributed by atoms with van der Waals surface area (Å²) in [6, 6.07) is 28.7. The van der Waals surface area contributed by atoms with E-state index in [0.29, 0.717) is 0 Å². The van der Waals surface area contributed by atoms with Gasteiger partial charge in [0.25, 0.3) is 0 Å². The van der Waals surface area contributed by atoms with Crippen molar-refractivity contribution in [1.29, 1.82) is 0 Å². The van der Waals surface area contributed by atoms with Crippen LogP contribution in [0.15, 0.2) is 83.3 Å². The SMILES string of the molecule is CCN(CC)c1ccc2c(-c3ccc4ccccc4c3)c3ccc(=[N+](CC)CC)cc-3oc2c1.[Cl-]. The van der Waals surface area contributed by atoms with Crippen LogP contribution >= 0.6 is 0 Å². The molecule has 35 heavy (non-hydrogen) atoms. The van der Waals surface area contributed by atoms with Crippen LogP contribution in [0.4, 0.5) is 5.69 Å². The number of hydrogen-bond donors (Lipinski definition) is 0. The van der Waals surface area contributed by atoms with Crippen LogP contribution in [0, 0.1) is 0 Å². The highest BCUT2D eigenvalue weighted by Gasteiger charge is 2.19. The predicted molar refractivity (Wildman–Crippen MR) is 146 cm³/mol. The molecule has 1 heterocycles. The summed E-state index contributed by atoms with van der Waals surface area (Å²) < 4.78 is 8.96. The summed E-state index contributed by atoms with van der Waals surface area (Å²) in [5.74, 6) is 0.928. The molecule has 0 unspecified atom stereocenters. The Labute approximate surface area is 214 Å². The van der Waals surface area contributed by atoms with Gasteiger partial charge >= 0.3 is 0 Å². The first-order valence-electron chi connectivity index (χ1n) is 12.5. The number of halogens is 1. The van der Waals surface area contributed by atoms with Crippen LogP contribution < -0.4 is 27.2 Å². The number of hydrogen-bond acceptors (Lipinski definition) is 2. The fraction of sp³-hybridized carbons (Fsp3) is 0.258. The Balaban J connectivity index is 0.00000289. The normalized spacial score (nSPS) is 11.1. The summed E-state index contributed by atoms with van der Waals surface area (Å²) in [5, 5.41) is 4.86. The molecule has 0 saturated heterocycles. The zero-order valence-corrected chi connectivity index (χ0v) is 21.8. The highest BCUT2D eigenvalue weighted by atomic mass is 35.5. The summed E-state index contributed by atoms with van der Waals surface area (Å²) in [4.78, 5) is 2.36. The van der Waals surface area contributed by atoms with E-state index >= 15 is 0 Å². The third kappa shape index (κ3) is 4.53. The fourth-order valence-corrected chi connectivity index (χ4v) is 5.09. The first-order valence-corrected chi connectivity index (χ1v) is 12.5. The Morgan fingerprint density at radius 1 is 0.743 bits per heavy atom. The van der Waals surface area contributed by atoms with Gasteiger partial charge in [-0.15, -0.1) is 0 Å². The van der Waals surface area contributed by atoms with Gasteiger partial charge < -0.3 is 21.7 Å². The van der Waals surface area contributed by atoms with Crippen molar-refractivity contribution in [3.05, 3.63) is 84.2 Å². The molecule has 0 atom stereocenters. The standard InChI is InChI=1S/C31H33N2O.ClH/c1-5-32(6-2)25-15-17-27-29(20-25)34-30-21-26(33(7-3)8-4)16-18-28(30)31(27)24-14-13-22-11-9-10-12-23(22)19-24;/h9-21H,5-8H2,1-4H3;1H/q+1;/p-1. The number of nitrogens with zero attached hydrogens (tertiary/aromatic N) is 2. The fourth-order valence-electron chi connectivity index (χ4n) is 5.09.